The van der Waals surface area contributed by atoms with Gasteiger partial charge < -0.3 is 5.73 Å². The Morgan fingerprint density at radius 3 is 2.96 bits per heavy atom. The Balaban J connectivity index is 1.52. The highest BCUT2D eigenvalue weighted by Crippen LogP contribution is 2.33. The van der Waals surface area contributed by atoms with Crippen molar-refractivity contribution in [3.8, 4) is 0 Å². The van der Waals surface area contributed by atoms with E-state index < -0.39 is 0 Å². The summed E-state index contributed by atoms with van der Waals surface area (Å²) < 4.78 is 5.26. The highest BCUT2D eigenvalue weighted by molar-refractivity contribution is 7.21. The number of aromatic nitrogens is 3. The second kappa shape index (κ2) is 7.51. The minimum Gasteiger partial charge on any atom is -0.397 e. The first-order chi connectivity index (χ1) is 13.2. The van der Waals surface area contributed by atoms with E-state index in [1.54, 1.807) is 11.0 Å². The van der Waals surface area contributed by atoms with Crippen LogP contribution < -0.4 is 20.9 Å². The van der Waals surface area contributed by atoms with Crippen molar-refractivity contribution < 1.29 is 14.1 Å². The Bertz CT molecular complexity index is 960. The number of carbonyl (C=O) groups excluding carboxylic acids is 1. The number of hydrogen-bond acceptors (Lipinski definition) is 7. The molecule has 1 aliphatic heterocycles. The van der Waals surface area contributed by atoms with Crippen molar-refractivity contribution in [2.24, 2.45) is 0 Å². The average molecular weight is 387 g/mol. The number of amides is 1. The Morgan fingerprint density at radius 2 is 2.19 bits per heavy atom. The van der Waals surface area contributed by atoms with E-state index in [9.17, 15) is 4.79 Å². The summed E-state index contributed by atoms with van der Waals surface area (Å²) in [5.74, 6) is -0.0171. The second-order valence-electron chi connectivity index (χ2n) is 6.71. The maximum atomic E-state index is 12.7. The number of nitrogens with zero attached hydrogens (tertiary/aromatic N) is 4. The van der Waals surface area contributed by atoms with Crippen LogP contribution in [0.4, 0.5) is 11.6 Å². The third-order valence-electron chi connectivity index (χ3n) is 4.68. The fraction of sp³-hybridized carbons (Fsp3) is 0.444. The van der Waals surface area contributed by atoms with Crippen molar-refractivity contribution in [3.05, 3.63) is 28.9 Å². The van der Waals surface area contributed by atoms with Gasteiger partial charge in [-0.15, -0.1) is 11.3 Å². The van der Waals surface area contributed by atoms with Crippen molar-refractivity contribution in [2.75, 3.05) is 29.1 Å². The second-order valence-corrected chi connectivity index (χ2v) is 7.70. The zero-order valence-corrected chi connectivity index (χ0v) is 16.1. The lowest BCUT2D eigenvalue weighted by molar-refractivity contribution is -0.759. The first-order valence-corrected chi connectivity index (χ1v) is 10.1. The van der Waals surface area contributed by atoms with Gasteiger partial charge in [0.1, 0.15) is 9.71 Å². The molecule has 1 amide bonds. The maximum Gasteiger partial charge on any atom is 0.306 e. The first kappa shape index (κ1) is 17.7. The van der Waals surface area contributed by atoms with Gasteiger partial charge in [-0.1, -0.05) is 13.3 Å². The molecule has 0 atom stereocenters. The molecule has 1 fully saturated rings. The van der Waals surface area contributed by atoms with Crippen LogP contribution in [0.1, 0.15) is 48.0 Å². The SMILES string of the molecule is CCCc1ccc2c(N)c(C(=O)Nc3c[n+](N4CCCCC4)no3)sc2n1. The van der Waals surface area contributed by atoms with E-state index in [0.717, 1.165) is 54.7 Å². The average Bonchev–Trinajstić information content (AvgIpc) is 3.27. The van der Waals surface area contributed by atoms with Crippen LogP contribution in [0.2, 0.25) is 0 Å². The van der Waals surface area contributed by atoms with Gasteiger partial charge in [-0.2, -0.15) is 5.01 Å². The topological polar surface area (TPSA) is 101 Å². The van der Waals surface area contributed by atoms with E-state index in [2.05, 4.69) is 27.5 Å². The highest BCUT2D eigenvalue weighted by atomic mass is 32.1. The van der Waals surface area contributed by atoms with Crippen molar-refractivity contribution in [2.45, 2.75) is 39.0 Å². The molecule has 1 aliphatic rings. The molecular weight excluding hydrogens is 364 g/mol. The van der Waals surface area contributed by atoms with Gasteiger partial charge in [-0.05, 0) is 37.8 Å². The lowest BCUT2D eigenvalue weighted by atomic mass is 10.2. The van der Waals surface area contributed by atoms with Gasteiger partial charge in [-0.25, -0.2) is 4.98 Å². The number of carbonyl (C=O) groups is 1. The van der Waals surface area contributed by atoms with E-state index in [4.69, 9.17) is 10.3 Å². The number of nitrogen functional groups attached to an aromatic ring is 1. The molecular formula is C18H23N6O2S+. The predicted octanol–water partition coefficient (Wildman–Crippen LogP) is 2.48. The maximum absolute atomic E-state index is 12.7. The molecule has 4 rings (SSSR count). The van der Waals surface area contributed by atoms with Crippen LogP contribution in [0.5, 0.6) is 0 Å². The number of fused-ring (bicyclic) bond motifs is 1. The molecule has 8 nitrogen and oxygen atoms in total. The van der Waals surface area contributed by atoms with Crippen LogP contribution in [-0.4, -0.2) is 29.3 Å². The summed E-state index contributed by atoms with van der Waals surface area (Å²) in [7, 11) is 0. The number of piperidine rings is 1. The fourth-order valence-corrected chi connectivity index (χ4v) is 4.28. The third kappa shape index (κ3) is 3.59. The van der Waals surface area contributed by atoms with Crippen LogP contribution in [0, 0.1) is 0 Å². The minimum absolute atomic E-state index is 0.294. The molecule has 3 aromatic rings. The number of thiophene rings is 1. The van der Waals surface area contributed by atoms with Gasteiger partial charge in [0.25, 0.3) is 12.1 Å². The van der Waals surface area contributed by atoms with Gasteiger partial charge in [0.05, 0.1) is 23.6 Å². The Morgan fingerprint density at radius 1 is 1.37 bits per heavy atom. The molecule has 0 aliphatic carbocycles. The van der Waals surface area contributed by atoms with Gasteiger partial charge in [0, 0.05) is 11.1 Å². The number of nitrogens with one attached hydrogen (secondary N) is 1. The van der Waals surface area contributed by atoms with Crippen molar-refractivity contribution in [1.82, 2.24) is 10.3 Å². The van der Waals surface area contributed by atoms with E-state index in [1.165, 1.54) is 17.8 Å². The molecule has 4 heterocycles. The zero-order valence-electron chi connectivity index (χ0n) is 15.3. The van der Waals surface area contributed by atoms with E-state index >= 15 is 0 Å². The number of hydrogen-bond donors (Lipinski definition) is 2. The predicted molar refractivity (Wildman–Crippen MR) is 104 cm³/mol. The summed E-state index contributed by atoms with van der Waals surface area (Å²) in [6.45, 7) is 3.97. The van der Waals surface area contributed by atoms with Gasteiger partial charge in [0.2, 0.25) is 5.27 Å². The monoisotopic (exact) mass is 387 g/mol. The fourth-order valence-electron chi connectivity index (χ4n) is 3.28. The molecule has 0 unspecified atom stereocenters. The van der Waals surface area contributed by atoms with Gasteiger partial charge >= 0.3 is 5.88 Å². The molecule has 0 spiro atoms. The number of pyridine rings is 1. The van der Waals surface area contributed by atoms with Crippen LogP contribution in [0.15, 0.2) is 22.9 Å². The summed E-state index contributed by atoms with van der Waals surface area (Å²) in [6.07, 6.45) is 7.11. The van der Waals surface area contributed by atoms with E-state index in [0.29, 0.717) is 16.4 Å². The lowest BCUT2D eigenvalue weighted by Gasteiger charge is -2.17. The molecule has 3 aromatic heterocycles. The van der Waals surface area contributed by atoms with Gasteiger partial charge in [-0.3, -0.25) is 14.6 Å². The molecule has 0 radical (unpaired) electrons. The normalized spacial score (nSPS) is 14.6. The van der Waals surface area contributed by atoms with Crippen LogP contribution in [0.25, 0.3) is 10.2 Å². The first-order valence-electron chi connectivity index (χ1n) is 9.29. The Labute approximate surface area is 160 Å². The molecule has 0 aromatic carbocycles. The summed E-state index contributed by atoms with van der Waals surface area (Å²) in [5.41, 5.74) is 7.65. The summed E-state index contributed by atoms with van der Waals surface area (Å²) >= 11 is 1.30. The van der Waals surface area contributed by atoms with Crippen molar-refractivity contribution in [1.29, 1.82) is 0 Å². The van der Waals surface area contributed by atoms with Crippen LogP contribution >= 0.6 is 11.3 Å². The molecule has 142 valence electrons. The molecule has 27 heavy (non-hydrogen) atoms. The molecule has 9 heteroatoms. The minimum atomic E-state index is -0.311. The van der Waals surface area contributed by atoms with Crippen molar-refractivity contribution >= 4 is 39.0 Å². The van der Waals surface area contributed by atoms with Crippen LogP contribution in [-0.2, 0) is 6.42 Å². The number of aryl methyl sites for hydroxylation is 1. The highest BCUT2D eigenvalue weighted by Gasteiger charge is 2.25. The largest absolute Gasteiger partial charge is 0.397 e. The number of anilines is 2. The summed E-state index contributed by atoms with van der Waals surface area (Å²) in [5, 5.41) is 9.65. The third-order valence-corrected chi connectivity index (χ3v) is 5.79. The number of rotatable bonds is 5. The van der Waals surface area contributed by atoms with E-state index in [-0.39, 0.29) is 5.91 Å². The molecule has 0 bridgehead atoms. The summed E-state index contributed by atoms with van der Waals surface area (Å²) in [4.78, 5) is 20.2. The van der Waals surface area contributed by atoms with Gasteiger partial charge in [0.15, 0.2) is 0 Å². The summed E-state index contributed by atoms with van der Waals surface area (Å²) in [6, 6.07) is 3.91. The zero-order chi connectivity index (χ0) is 18.8. The molecule has 3 N–H and O–H groups in total. The van der Waals surface area contributed by atoms with Crippen molar-refractivity contribution in [3.63, 3.8) is 0 Å². The molecule has 1 saturated heterocycles. The van der Waals surface area contributed by atoms with Crippen LogP contribution in [0.3, 0.4) is 0 Å². The standard InChI is InChI=1S/C18H22N6O2S/c1-2-6-12-7-8-13-15(19)16(27-18(13)20-12)17(25)21-14-11-24(22-26-14)23-9-4-3-5-10-23/h7-8,11H,2-6,9-10H2,1H3,(H2-,19,21,22,25)/p+1. The Kier molecular flexibility index (Phi) is 4.93. The smallest absolute Gasteiger partial charge is 0.306 e. The van der Waals surface area contributed by atoms with E-state index in [1.807, 2.05) is 12.1 Å². The number of nitrogens with two attached hydrogens (primary N) is 1. The Hall–Kier alpha value is -2.68. The molecule has 0 saturated carbocycles. The lowest BCUT2D eigenvalue weighted by Crippen LogP contribution is -2.60. The quantitative estimate of drug-likeness (QED) is 0.652.